The van der Waals surface area contributed by atoms with Gasteiger partial charge in [0, 0.05) is 28.6 Å². The highest BCUT2D eigenvalue weighted by Gasteiger charge is 2.25. The maximum Gasteiger partial charge on any atom is 0.363 e. The Morgan fingerprint density at radius 2 is 1.84 bits per heavy atom. The molecule has 4 nitrogen and oxygen atoms in total. The molecule has 0 bridgehead atoms. The third kappa shape index (κ3) is 2.65. The SMILES string of the molecule is CCn1c(Cl)c(/C=C2/N=C(c3ccccc3)OC2=O)c2ccccc21. The van der Waals surface area contributed by atoms with Crippen LogP contribution in [0.4, 0.5) is 0 Å². The first kappa shape index (κ1) is 15.7. The molecule has 0 N–H and O–H groups in total. The lowest BCUT2D eigenvalue weighted by molar-refractivity contribution is -0.129. The van der Waals surface area contributed by atoms with Gasteiger partial charge >= 0.3 is 5.97 Å². The lowest BCUT2D eigenvalue weighted by atomic mass is 10.1. The average molecular weight is 351 g/mol. The van der Waals surface area contributed by atoms with Crippen LogP contribution in [0.3, 0.4) is 0 Å². The molecule has 2 heterocycles. The number of aryl methyl sites for hydroxylation is 1. The van der Waals surface area contributed by atoms with E-state index < -0.39 is 5.97 Å². The van der Waals surface area contributed by atoms with Crippen molar-refractivity contribution in [3.63, 3.8) is 0 Å². The van der Waals surface area contributed by atoms with Crippen molar-refractivity contribution in [2.24, 2.45) is 4.99 Å². The summed E-state index contributed by atoms with van der Waals surface area (Å²) < 4.78 is 7.32. The first-order valence-electron chi connectivity index (χ1n) is 8.03. The van der Waals surface area contributed by atoms with Crippen molar-refractivity contribution < 1.29 is 9.53 Å². The normalized spacial score (nSPS) is 15.7. The second-order valence-electron chi connectivity index (χ2n) is 5.67. The lowest BCUT2D eigenvalue weighted by Gasteiger charge is -2.01. The lowest BCUT2D eigenvalue weighted by Crippen LogP contribution is -2.04. The Balaban J connectivity index is 1.84. The number of rotatable bonds is 3. The molecule has 0 amide bonds. The maximum absolute atomic E-state index is 12.2. The molecule has 124 valence electrons. The summed E-state index contributed by atoms with van der Waals surface area (Å²) in [7, 11) is 0. The van der Waals surface area contributed by atoms with Crippen LogP contribution in [0.1, 0.15) is 18.1 Å². The second-order valence-corrected chi connectivity index (χ2v) is 6.03. The van der Waals surface area contributed by atoms with Crippen molar-refractivity contribution in [3.05, 3.63) is 76.6 Å². The summed E-state index contributed by atoms with van der Waals surface area (Å²) in [5.74, 6) is -0.157. The fraction of sp³-hybridized carbons (Fsp3) is 0.100. The highest BCUT2D eigenvalue weighted by atomic mass is 35.5. The van der Waals surface area contributed by atoms with Gasteiger partial charge in [-0.05, 0) is 31.2 Å². The largest absolute Gasteiger partial charge is 0.402 e. The Morgan fingerprint density at radius 1 is 1.12 bits per heavy atom. The number of fused-ring (bicyclic) bond motifs is 1. The van der Waals surface area contributed by atoms with Gasteiger partial charge in [0.15, 0.2) is 5.70 Å². The van der Waals surface area contributed by atoms with Crippen molar-refractivity contribution in [1.29, 1.82) is 0 Å². The summed E-state index contributed by atoms with van der Waals surface area (Å²) in [6.45, 7) is 2.77. The van der Waals surface area contributed by atoms with Crippen LogP contribution in [0.2, 0.25) is 5.15 Å². The Bertz CT molecular complexity index is 1030. The number of ether oxygens (including phenoxy) is 1. The zero-order valence-electron chi connectivity index (χ0n) is 13.6. The molecule has 0 radical (unpaired) electrons. The van der Waals surface area contributed by atoms with E-state index in [1.807, 2.05) is 66.1 Å². The summed E-state index contributed by atoms with van der Waals surface area (Å²) in [5.41, 5.74) is 2.82. The van der Waals surface area contributed by atoms with E-state index in [0.29, 0.717) is 11.1 Å². The molecule has 0 saturated heterocycles. The minimum atomic E-state index is -0.469. The molecular weight excluding hydrogens is 336 g/mol. The molecule has 0 spiro atoms. The summed E-state index contributed by atoms with van der Waals surface area (Å²) in [6, 6.07) is 17.3. The molecule has 0 saturated carbocycles. The van der Waals surface area contributed by atoms with Crippen molar-refractivity contribution in [1.82, 2.24) is 4.57 Å². The number of hydrogen-bond donors (Lipinski definition) is 0. The molecule has 25 heavy (non-hydrogen) atoms. The third-order valence-electron chi connectivity index (χ3n) is 4.18. The van der Waals surface area contributed by atoms with Gasteiger partial charge in [0.05, 0.1) is 0 Å². The number of benzene rings is 2. The zero-order chi connectivity index (χ0) is 17.4. The monoisotopic (exact) mass is 350 g/mol. The van der Waals surface area contributed by atoms with E-state index in [-0.39, 0.29) is 5.70 Å². The van der Waals surface area contributed by atoms with E-state index >= 15 is 0 Å². The van der Waals surface area contributed by atoms with Crippen LogP contribution in [-0.2, 0) is 16.1 Å². The quantitative estimate of drug-likeness (QED) is 0.509. The zero-order valence-corrected chi connectivity index (χ0v) is 14.3. The van der Waals surface area contributed by atoms with Gasteiger partial charge in [0.25, 0.3) is 0 Å². The number of carbonyl (C=O) groups is 1. The van der Waals surface area contributed by atoms with Crippen molar-refractivity contribution >= 4 is 40.4 Å². The topological polar surface area (TPSA) is 43.6 Å². The van der Waals surface area contributed by atoms with Crippen LogP contribution >= 0.6 is 11.6 Å². The standard InChI is InChI=1S/C20H15ClN2O2/c1-2-23-17-11-7-6-10-14(17)15(18(23)21)12-16-20(24)25-19(22-16)13-8-4-3-5-9-13/h3-12H,2H2,1H3/b16-12+. The fourth-order valence-corrected chi connectivity index (χ4v) is 3.36. The highest BCUT2D eigenvalue weighted by Crippen LogP contribution is 2.33. The van der Waals surface area contributed by atoms with E-state index in [2.05, 4.69) is 4.99 Å². The molecule has 1 aliphatic heterocycles. The van der Waals surface area contributed by atoms with Gasteiger partial charge in [-0.15, -0.1) is 0 Å². The van der Waals surface area contributed by atoms with Crippen LogP contribution in [0.5, 0.6) is 0 Å². The predicted molar refractivity (Wildman–Crippen MR) is 99.7 cm³/mol. The van der Waals surface area contributed by atoms with Crippen LogP contribution < -0.4 is 0 Å². The van der Waals surface area contributed by atoms with Gasteiger partial charge < -0.3 is 9.30 Å². The van der Waals surface area contributed by atoms with Crippen LogP contribution in [0.15, 0.2) is 65.3 Å². The number of aromatic nitrogens is 1. The van der Waals surface area contributed by atoms with E-state index in [0.717, 1.165) is 28.6 Å². The number of nitrogens with zero attached hydrogens (tertiary/aromatic N) is 2. The van der Waals surface area contributed by atoms with Crippen molar-refractivity contribution in [2.45, 2.75) is 13.5 Å². The van der Waals surface area contributed by atoms with Gasteiger partial charge in [0.1, 0.15) is 5.15 Å². The smallest absolute Gasteiger partial charge is 0.363 e. The molecule has 2 aromatic carbocycles. The van der Waals surface area contributed by atoms with E-state index in [9.17, 15) is 4.79 Å². The molecule has 1 aromatic heterocycles. The minimum absolute atomic E-state index is 0.250. The van der Waals surface area contributed by atoms with Gasteiger partial charge in [-0.1, -0.05) is 48.0 Å². The molecule has 5 heteroatoms. The van der Waals surface area contributed by atoms with E-state index in [4.69, 9.17) is 16.3 Å². The number of aliphatic imine (C=N–C) groups is 1. The number of hydrogen-bond acceptors (Lipinski definition) is 3. The first-order chi connectivity index (χ1) is 12.2. The number of halogens is 1. The molecule has 3 aromatic rings. The Kier molecular flexibility index (Phi) is 3.90. The fourth-order valence-electron chi connectivity index (χ4n) is 3.00. The van der Waals surface area contributed by atoms with Crippen molar-refractivity contribution in [2.75, 3.05) is 0 Å². The van der Waals surface area contributed by atoms with Crippen molar-refractivity contribution in [3.8, 4) is 0 Å². The average Bonchev–Trinajstić information content (AvgIpc) is 3.14. The molecule has 0 atom stereocenters. The van der Waals surface area contributed by atoms with E-state index in [1.165, 1.54) is 0 Å². The third-order valence-corrected chi connectivity index (χ3v) is 4.59. The Labute approximate surface area is 150 Å². The van der Waals surface area contributed by atoms with Crippen LogP contribution in [0, 0.1) is 0 Å². The highest BCUT2D eigenvalue weighted by molar-refractivity contribution is 6.33. The second kappa shape index (κ2) is 6.22. The predicted octanol–water partition coefficient (Wildman–Crippen LogP) is 4.66. The van der Waals surface area contributed by atoms with Gasteiger partial charge in [-0.2, -0.15) is 0 Å². The maximum atomic E-state index is 12.2. The number of para-hydroxylation sites is 1. The van der Waals surface area contributed by atoms with Gasteiger partial charge in [-0.3, -0.25) is 0 Å². The number of carbonyl (C=O) groups excluding carboxylic acids is 1. The van der Waals surface area contributed by atoms with Gasteiger partial charge in [0.2, 0.25) is 5.90 Å². The summed E-state index contributed by atoms with van der Waals surface area (Å²) in [5, 5.41) is 1.57. The summed E-state index contributed by atoms with van der Waals surface area (Å²) in [4.78, 5) is 16.6. The first-order valence-corrected chi connectivity index (χ1v) is 8.41. The Hall–Kier alpha value is -2.85. The van der Waals surface area contributed by atoms with Crippen LogP contribution in [0.25, 0.3) is 17.0 Å². The van der Waals surface area contributed by atoms with E-state index in [1.54, 1.807) is 6.08 Å². The number of cyclic esters (lactones) is 1. The minimum Gasteiger partial charge on any atom is -0.402 e. The summed E-state index contributed by atoms with van der Waals surface area (Å²) >= 11 is 6.55. The molecular formula is C20H15ClN2O2. The number of esters is 1. The molecule has 1 aliphatic rings. The molecule has 0 unspecified atom stereocenters. The Morgan fingerprint density at radius 3 is 2.60 bits per heavy atom. The molecule has 4 rings (SSSR count). The molecule has 0 aliphatic carbocycles. The molecule has 0 fully saturated rings. The van der Waals surface area contributed by atoms with Crippen LogP contribution in [-0.4, -0.2) is 16.4 Å². The van der Waals surface area contributed by atoms with Gasteiger partial charge in [-0.25, -0.2) is 9.79 Å². The summed E-state index contributed by atoms with van der Waals surface area (Å²) in [6.07, 6.45) is 1.70.